The average molecular weight is 302 g/mol. The highest BCUT2D eigenvalue weighted by molar-refractivity contribution is 5.92. The van der Waals surface area contributed by atoms with Crippen LogP contribution in [0.3, 0.4) is 0 Å². The van der Waals surface area contributed by atoms with Crippen molar-refractivity contribution in [1.29, 1.82) is 0 Å². The highest BCUT2D eigenvalue weighted by atomic mass is 16.5. The molecule has 2 N–H and O–H groups in total. The molecule has 1 amide bonds. The maximum absolute atomic E-state index is 12.2. The van der Waals surface area contributed by atoms with Crippen LogP contribution in [-0.4, -0.2) is 25.2 Å². The zero-order valence-corrected chi connectivity index (χ0v) is 13.1. The third kappa shape index (κ3) is 4.23. The van der Waals surface area contributed by atoms with Gasteiger partial charge in [0.15, 0.2) is 0 Å². The van der Waals surface area contributed by atoms with Crippen LogP contribution in [0.15, 0.2) is 24.3 Å². The summed E-state index contributed by atoms with van der Waals surface area (Å²) >= 11 is 0. The maximum atomic E-state index is 12.2. The molecule has 3 rings (SSSR count). The van der Waals surface area contributed by atoms with Crippen molar-refractivity contribution in [2.45, 2.75) is 51.0 Å². The van der Waals surface area contributed by atoms with Gasteiger partial charge in [-0.1, -0.05) is 19.3 Å². The highest BCUT2D eigenvalue weighted by Crippen LogP contribution is 2.25. The second-order valence-corrected chi connectivity index (χ2v) is 6.42. The van der Waals surface area contributed by atoms with Crippen molar-refractivity contribution in [1.82, 2.24) is 0 Å². The fourth-order valence-electron chi connectivity index (χ4n) is 3.32. The van der Waals surface area contributed by atoms with Gasteiger partial charge in [-0.25, -0.2) is 0 Å². The number of nitrogens with one attached hydrogen (secondary N) is 2. The highest BCUT2D eigenvalue weighted by Gasteiger charge is 2.21. The Labute approximate surface area is 132 Å². The minimum atomic E-state index is 0.180. The molecule has 1 aromatic carbocycles. The van der Waals surface area contributed by atoms with Gasteiger partial charge in [0, 0.05) is 30.4 Å². The molecule has 1 aliphatic carbocycles. The zero-order valence-electron chi connectivity index (χ0n) is 13.1. The summed E-state index contributed by atoms with van der Waals surface area (Å²) in [6.07, 6.45) is 8.36. The smallest absolute Gasteiger partial charge is 0.227 e. The molecule has 22 heavy (non-hydrogen) atoms. The first-order chi connectivity index (χ1) is 10.8. The third-order valence-corrected chi connectivity index (χ3v) is 4.69. The molecule has 1 saturated heterocycles. The Balaban J connectivity index is 1.47. The van der Waals surface area contributed by atoms with Crippen molar-refractivity contribution in [3.63, 3.8) is 0 Å². The number of hydrogen-bond acceptors (Lipinski definition) is 3. The fraction of sp³-hybridized carbons (Fsp3) is 0.611. The lowest BCUT2D eigenvalue weighted by Gasteiger charge is -2.20. The molecule has 1 unspecified atom stereocenters. The first-order valence-corrected chi connectivity index (χ1v) is 8.58. The number of carbonyl (C=O) groups excluding carboxylic acids is 1. The van der Waals surface area contributed by atoms with Gasteiger partial charge >= 0.3 is 0 Å². The monoisotopic (exact) mass is 302 g/mol. The molecule has 1 heterocycles. The summed E-state index contributed by atoms with van der Waals surface area (Å²) in [6.45, 7) is 1.74. The standard InChI is InChI=1S/C18H26N2O2/c21-18(14-5-2-1-3-6-14)20-16-10-8-15(9-11-16)19-13-17-7-4-12-22-17/h8-11,14,17,19H,1-7,12-13H2,(H,20,21). The molecule has 2 fully saturated rings. The molecule has 1 aromatic rings. The Kier molecular flexibility index (Phi) is 5.33. The van der Waals surface area contributed by atoms with E-state index in [9.17, 15) is 4.79 Å². The zero-order chi connectivity index (χ0) is 15.2. The van der Waals surface area contributed by atoms with Crippen LogP contribution in [0.5, 0.6) is 0 Å². The summed E-state index contributed by atoms with van der Waals surface area (Å²) < 4.78 is 5.60. The summed E-state index contributed by atoms with van der Waals surface area (Å²) in [5.41, 5.74) is 1.96. The fourth-order valence-corrected chi connectivity index (χ4v) is 3.32. The molecule has 4 nitrogen and oxygen atoms in total. The van der Waals surface area contributed by atoms with Crippen LogP contribution in [-0.2, 0) is 9.53 Å². The lowest BCUT2D eigenvalue weighted by molar-refractivity contribution is -0.120. The maximum Gasteiger partial charge on any atom is 0.227 e. The molecule has 1 aliphatic heterocycles. The van der Waals surface area contributed by atoms with Crippen molar-refractivity contribution >= 4 is 17.3 Å². The SMILES string of the molecule is O=C(Nc1ccc(NCC2CCCO2)cc1)C1CCCCC1. The van der Waals surface area contributed by atoms with Crippen molar-refractivity contribution in [2.24, 2.45) is 5.92 Å². The van der Waals surface area contributed by atoms with Crippen molar-refractivity contribution in [3.8, 4) is 0 Å². The van der Waals surface area contributed by atoms with Gasteiger partial charge in [-0.2, -0.15) is 0 Å². The van der Waals surface area contributed by atoms with Crippen LogP contribution in [0.1, 0.15) is 44.9 Å². The van der Waals surface area contributed by atoms with E-state index in [4.69, 9.17) is 4.74 Å². The van der Waals surface area contributed by atoms with E-state index in [2.05, 4.69) is 10.6 Å². The predicted molar refractivity (Wildman–Crippen MR) is 89.1 cm³/mol. The Morgan fingerprint density at radius 3 is 2.41 bits per heavy atom. The van der Waals surface area contributed by atoms with Gasteiger partial charge in [0.05, 0.1) is 6.10 Å². The number of hydrogen-bond donors (Lipinski definition) is 2. The molecule has 0 radical (unpaired) electrons. The van der Waals surface area contributed by atoms with E-state index in [1.54, 1.807) is 0 Å². The lowest BCUT2D eigenvalue weighted by atomic mass is 9.88. The summed E-state index contributed by atoms with van der Waals surface area (Å²) in [5, 5.41) is 6.44. The summed E-state index contributed by atoms with van der Waals surface area (Å²) in [5.74, 6) is 0.380. The summed E-state index contributed by atoms with van der Waals surface area (Å²) in [4.78, 5) is 12.2. The van der Waals surface area contributed by atoms with Gasteiger partial charge in [-0.15, -0.1) is 0 Å². The van der Waals surface area contributed by atoms with E-state index >= 15 is 0 Å². The molecule has 120 valence electrons. The van der Waals surface area contributed by atoms with Crippen LogP contribution in [0.25, 0.3) is 0 Å². The van der Waals surface area contributed by atoms with Crippen LogP contribution in [0, 0.1) is 5.92 Å². The molecular formula is C18H26N2O2. The summed E-state index contributed by atoms with van der Waals surface area (Å²) in [6, 6.07) is 7.98. The quantitative estimate of drug-likeness (QED) is 0.870. The number of ether oxygens (including phenoxy) is 1. The van der Waals surface area contributed by atoms with Gasteiger partial charge in [0.1, 0.15) is 0 Å². The minimum absolute atomic E-state index is 0.180. The van der Waals surface area contributed by atoms with Crippen molar-refractivity contribution in [3.05, 3.63) is 24.3 Å². The number of carbonyl (C=O) groups is 1. The number of rotatable bonds is 5. The molecule has 0 bridgehead atoms. The van der Waals surface area contributed by atoms with E-state index < -0.39 is 0 Å². The van der Waals surface area contributed by atoms with E-state index in [1.807, 2.05) is 24.3 Å². The topological polar surface area (TPSA) is 50.4 Å². The second-order valence-electron chi connectivity index (χ2n) is 6.42. The number of amides is 1. The molecule has 4 heteroatoms. The van der Waals surface area contributed by atoms with E-state index in [0.29, 0.717) is 6.10 Å². The van der Waals surface area contributed by atoms with E-state index in [0.717, 1.165) is 43.8 Å². The van der Waals surface area contributed by atoms with Gasteiger partial charge in [-0.05, 0) is 49.9 Å². The number of anilines is 2. The molecule has 0 spiro atoms. The van der Waals surface area contributed by atoms with Gasteiger partial charge in [0.25, 0.3) is 0 Å². The predicted octanol–water partition coefficient (Wildman–Crippen LogP) is 3.80. The lowest BCUT2D eigenvalue weighted by Crippen LogP contribution is -2.24. The first-order valence-electron chi connectivity index (χ1n) is 8.58. The molecular weight excluding hydrogens is 276 g/mol. The van der Waals surface area contributed by atoms with Crippen LogP contribution < -0.4 is 10.6 Å². The molecule has 1 saturated carbocycles. The Hall–Kier alpha value is -1.55. The Morgan fingerprint density at radius 1 is 1.00 bits per heavy atom. The van der Waals surface area contributed by atoms with E-state index in [1.165, 1.54) is 25.7 Å². The molecule has 1 atom stereocenters. The minimum Gasteiger partial charge on any atom is -0.382 e. The largest absolute Gasteiger partial charge is 0.382 e. The first kappa shape index (κ1) is 15.3. The summed E-state index contributed by atoms with van der Waals surface area (Å²) in [7, 11) is 0. The third-order valence-electron chi connectivity index (χ3n) is 4.69. The molecule has 2 aliphatic rings. The van der Waals surface area contributed by atoms with Crippen LogP contribution in [0.2, 0.25) is 0 Å². The molecule has 0 aromatic heterocycles. The van der Waals surface area contributed by atoms with Crippen molar-refractivity contribution < 1.29 is 9.53 Å². The van der Waals surface area contributed by atoms with Crippen LogP contribution >= 0.6 is 0 Å². The van der Waals surface area contributed by atoms with Crippen LogP contribution in [0.4, 0.5) is 11.4 Å². The van der Waals surface area contributed by atoms with Gasteiger partial charge in [-0.3, -0.25) is 4.79 Å². The average Bonchev–Trinajstić information content (AvgIpc) is 3.08. The van der Waals surface area contributed by atoms with Crippen molar-refractivity contribution in [2.75, 3.05) is 23.8 Å². The second kappa shape index (κ2) is 7.63. The normalized spacial score (nSPS) is 22.5. The Bertz CT molecular complexity index is 474. The van der Waals surface area contributed by atoms with Gasteiger partial charge < -0.3 is 15.4 Å². The van der Waals surface area contributed by atoms with Gasteiger partial charge in [0.2, 0.25) is 5.91 Å². The number of benzene rings is 1. The van der Waals surface area contributed by atoms with E-state index in [-0.39, 0.29) is 11.8 Å². The Morgan fingerprint density at radius 2 is 1.73 bits per heavy atom.